The molecule has 0 spiro atoms. The van der Waals surface area contributed by atoms with Crippen LogP contribution in [0.1, 0.15) is 30.6 Å². The molecule has 0 amide bonds. The zero-order valence-electron chi connectivity index (χ0n) is 10.9. The third-order valence-corrected chi connectivity index (χ3v) is 3.25. The van der Waals surface area contributed by atoms with Gasteiger partial charge in [0.2, 0.25) is 0 Å². The lowest BCUT2D eigenvalue weighted by atomic mass is 10.0. The fraction of sp³-hybridized carbons (Fsp3) is 0.235. The molecule has 0 radical (unpaired) electrons. The van der Waals surface area contributed by atoms with Crippen LogP contribution in [0.25, 0.3) is 10.8 Å². The van der Waals surface area contributed by atoms with Crippen LogP contribution in [0.15, 0.2) is 54.6 Å². The van der Waals surface area contributed by atoms with E-state index in [0.717, 1.165) is 17.4 Å². The van der Waals surface area contributed by atoms with Crippen molar-refractivity contribution in [3.05, 3.63) is 60.2 Å². The number of hydrogen-bond donors (Lipinski definition) is 0. The summed E-state index contributed by atoms with van der Waals surface area (Å²) in [5, 5.41) is 2.28. The molecule has 0 heterocycles. The van der Waals surface area contributed by atoms with Gasteiger partial charge in [-0.3, -0.25) is 4.79 Å². The van der Waals surface area contributed by atoms with Gasteiger partial charge in [0.05, 0.1) is 0 Å². The van der Waals surface area contributed by atoms with Crippen molar-refractivity contribution >= 4 is 16.6 Å². The maximum Gasteiger partial charge on any atom is 0.185 e. The summed E-state index contributed by atoms with van der Waals surface area (Å²) in [4.78, 5) is 12.0. The second-order valence-electron chi connectivity index (χ2n) is 4.67. The first-order chi connectivity index (χ1) is 8.70. The van der Waals surface area contributed by atoms with E-state index in [2.05, 4.69) is 19.9 Å². The lowest BCUT2D eigenvalue weighted by Gasteiger charge is -2.02. The van der Waals surface area contributed by atoms with E-state index < -0.39 is 0 Å². The van der Waals surface area contributed by atoms with Crippen molar-refractivity contribution in [1.29, 1.82) is 0 Å². The summed E-state index contributed by atoms with van der Waals surface area (Å²) in [5.74, 6) is 0.537. The van der Waals surface area contributed by atoms with Crippen LogP contribution in [0, 0.1) is 5.92 Å². The van der Waals surface area contributed by atoms with Crippen LogP contribution in [0.2, 0.25) is 0 Å². The van der Waals surface area contributed by atoms with Gasteiger partial charge in [-0.25, -0.2) is 0 Å². The Kier molecular flexibility index (Phi) is 3.93. The summed E-state index contributed by atoms with van der Waals surface area (Å²) in [6.45, 7) is 4.24. The number of hydrogen-bond acceptors (Lipinski definition) is 1. The zero-order valence-corrected chi connectivity index (χ0v) is 10.9. The number of carbonyl (C=O) groups is 1. The first-order valence-electron chi connectivity index (χ1n) is 6.42. The standard InChI is InChI=1S/C17H18O/c1-3-13(2)8-11-17(18)16-10-9-14-6-4-5-7-15(14)12-16/h4-13H,3H2,1-2H3/b11-8+. The minimum absolute atomic E-state index is 0.0843. The Bertz CT molecular complexity index is 581. The largest absolute Gasteiger partial charge is 0.289 e. The normalized spacial score (nSPS) is 13.0. The van der Waals surface area contributed by atoms with Gasteiger partial charge in [-0.15, -0.1) is 0 Å². The van der Waals surface area contributed by atoms with Crippen LogP contribution in [0.4, 0.5) is 0 Å². The Labute approximate surface area is 108 Å². The lowest BCUT2D eigenvalue weighted by Crippen LogP contribution is -1.95. The number of rotatable bonds is 4. The van der Waals surface area contributed by atoms with Crippen molar-refractivity contribution < 1.29 is 4.79 Å². The second-order valence-corrected chi connectivity index (χ2v) is 4.67. The van der Waals surface area contributed by atoms with E-state index in [1.54, 1.807) is 6.08 Å². The number of allylic oxidation sites excluding steroid dienone is 2. The molecular weight excluding hydrogens is 220 g/mol. The van der Waals surface area contributed by atoms with E-state index in [0.29, 0.717) is 5.92 Å². The maximum atomic E-state index is 12.0. The van der Waals surface area contributed by atoms with Crippen molar-refractivity contribution in [2.45, 2.75) is 20.3 Å². The van der Waals surface area contributed by atoms with Gasteiger partial charge in [-0.2, -0.15) is 0 Å². The van der Waals surface area contributed by atoms with E-state index in [9.17, 15) is 4.79 Å². The molecule has 1 heteroatoms. The number of fused-ring (bicyclic) bond motifs is 1. The predicted molar refractivity (Wildman–Crippen MR) is 76.9 cm³/mol. The van der Waals surface area contributed by atoms with Crippen LogP contribution >= 0.6 is 0 Å². The summed E-state index contributed by atoms with van der Waals surface area (Å²) < 4.78 is 0. The molecule has 1 nitrogen and oxygen atoms in total. The van der Waals surface area contributed by atoms with Gasteiger partial charge < -0.3 is 0 Å². The molecule has 2 aromatic rings. The van der Waals surface area contributed by atoms with E-state index in [1.165, 1.54) is 5.39 Å². The van der Waals surface area contributed by atoms with Crippen molar-refractivity contribution in [1.82, 2.24) is 0 Å². The molecule has 92 valence electrons. The molecule has 2 rings (SSSR count). The molecule has 2 aromatic carbocycles. The molecule has 0 aliphatic rings. The fourth-order valence-electron chi connectivity index (χ4n) is 1.83. The quantitative estimate of drug-likeness (QED) is 0.561. The van der Waals surface area contributed by atoms with Gasteiger partial charge in [0.25, 0.3) is 0 Å². The fourth-order valence-corrected chi connectivity index (χ4v) is 1.83. The summed E-state index contributed by atoms with van der Waals surface area (Å²) in [5.41, 5.74) is 0.758. The first kappa shape index (κ1) is 12.6. The van der Waals surface area contributed by atoms with Crippen molar-refractivity contribution in [2.24, 2.45) is 5.92 Å². The van der Waals surface area contributed by atoms with Gasteiger partial charge in [0.1, 0.15) is 0 Å². The number of carbonyl (C=O) groups excluding carboxylic acids is 1. The van der Waals surface area contributed by atoms with Crippen LogP contribution in [-0.4, -0.2) is 5.78 Å². The average Bonchev–Trinajstić information content (AvgIpc) is 2.43. The van der Waals surface area contributed by atoms with Crippen LogP contribution in [0.5, 0.6) is 0 Å². The SMILES string of the molecule is CCC(C)/C=C/C(=O)c1ccc2ccccc2c1. The number of benzene rings is 2. The van der Waals surface area contributed by atoms with E-state index in [-0.39, 0.29) is 5.78 Å². The Balaban J connectivity index is 2.25. The second kappa shape index (κ2) is 5.63. The van der Waals surface area contributed by atoms with Gasteiger partial charge in [-0.1, -0.05) is 62.7 Å². The van der Waals surface area contributed by atoms with Gasteiger partial charge >= 0.3 is 0 Å². The average molecular weight is 238 g/mol. The Morgan fingerprint density at radius 2 is 1.89 bits per heavy atom. The molecule has 0 aromatic heterocycles. The van der Waals surface area contributed by atoms with Crippen LogP contribution in [0.3, 0.4) is 0 Å². The molecule has 0 fully saturated rings. The Morgan fingerprint density at radius 3 is 2.61 bits per heavy atom. The third-order valence-electron chi connectivity index (χ3n) is 3.25. The van der Waals surface area contributed by atoms with Crippen molar-refractivity contribution in [3.8, 4) is 0 Å². The molecule has 0 aliphatic heterocycles. The molecule has 0 saturated carbocycles. The predicted octanol–water partition coefficient (Wildman–Crippen LogP) is 4.62. The molecule has 18 heavy (non-hydrogen) atoms. The third kappa shape index (κ3) is 2.86. The summed E-state index contributed by atoms with van der Waals surface area (Å²) >= 11 is 0. The highest BCUT2D eigenvalue weighted by Crippen LogP contribution is 2.16. The highest BCUT2D eigenvalue weighted by Gasteiger charge is 2.03. The Morgan fingerprint density at radius 1 is 1.17 bits per heavy atom. The minimum atomic E-state index is 0.0843. The number of ketones is 1. The smallest absolute Gasteiger partial charge is 0.185 e. The first-order valence-corrected chi connectivity index (χ1v) is 6.42. The maximum absolute atomic E-state index is 12.0. The van der Waals surface area contributed by atoms with E-state index >= 15 is 0 Å². The summed E-state index contributed by atoms with van der Waals surface area (Å²) in [7, 11) is 0. The minimum Gasteiger partial charge on any atom is -0.289 e. The Hall–Kier alpha value is -1.89. The zero-order chi connectivity index (χ0) is 13.0. The van der Waals surface area contributed by atoms with Crippen molar-refractivity contribution in [2.75, 3.05) is 0 Å². The van der Waals surface area contributed by atoms with Crippen molar-refractivity contribution in [3.63, 3.8) is 0 Å². The molecule has 1 atom stereocenters. The monoisotopic (exact) mass is 238 g/mol. The molecule has 0 N–H and O–H groups in total. The summed E-state index contributed by atoms with van der Waals surface area (Å²) in [6.07, 6.45) is 4.73. The topological polar surface area (TPSA) is 17.1 Å². The highest BCUT2D eigenvalue weighted by atomic mass is 16.1. The highest BCUT2D eigenvalue weighted by molar-refractivity contribution is 6.06. The van der Waals surface area contributed by atoms with E-state index in [1.807, 2.05) is 42.5 Å². The van der Waals surface area contributed by atoms with E-state index in [4.69, 9.17) is 0 Å². The van der Waals surface area contributed by atoms with Gasteiger partial charge in [-0.05, 0) is 28.8 Å². The van der Waals surface area contributed by atoms with Gasteiger partial charge in [0, 0.05) is 5.56 Å². The van der Waals surface area contributed by atoms with Crippen LogP contribution < -0.4 is 0 Å². The van der Waals surface area contributed by atoms with Gasteiger partial charge in [0.15, 0.2) is 5.78 Å². The lowest BCUT2D eigenvalue weighted by molar-refractivity contribution is 0.104. The molecule has 1 unspecified atom stereocenters. The molecule has 0 saturated heterocycles. The molecule has 0 bridgehead atoms. The summed E-state index contributed by atoms with van der Waals surface area (Å²) in [6, 6.07) is 13.9. The molecular formula is C17H18O. The molecule has 0 aliphatic carbocycles. The van der Waals surface area contributed by atoms with Crippen LogP contribution in [-0.2, 0) is 0 Å².